The van der Waals surface area contributed by atoms with Gasteiger partial charge in [-0.25, -0.2) is 0 Å². The maximum Gasteiger partial charge on any atom is 0.163 e. The van der Waals surface area contributed by atoms with Crippen molar-refractivity contribution in [1.29, 1.82) is 0 Å². The van der Waals surface area contributed by atoms with E-state index >= 15 is 0 Å². The Labute approximate surface area is 174 Å². The molecule has 0 saturated carbocycles. The summed E-state index contributed by atoms with van der Waals surface area (Å²) in [5.41, 5.74) is 0.534. The van der Waals surface area contributed by atoms with Crippen molar-refractivity contribution in [2.24, 2.45) is 5.41 Å². The molecule has 0 aromatic heterocycles. The van der Waals surface area contributed by atoms with Gasteiger partial charge in [0.25, 0.3) is 0 Å². The molecule has 1 saturated heterocycles. The predicted octanol–water partition coefficient (Wildman–Crippen LogP) is 4.11. The maximum absolute atomic E-state index is 11.6. The number of rotatable bonds is 12. The molecule has 1 heterocycles. The van der Waals surface area contributed by atoms with Gasteiger partial charge in [0.2, 0.25) is 0 Å². The Bertz CT molecular complexity index is 601. The summed E-state index contributed by atoms with van der Waals surface area (Å²) in [6.45, 7) is 8.95. The van der Waals surface area contributed by atoms with Gasteiger partial charge in [0, 0.05) is 32.0 Å². The average Bonchev–Trinajstić information content (AvgIpc) is 2.68. The Hall–Kier alpha value is -1.31. The van der Waals surface area contributed by atoms with Gasteiger partial charge in [0.15, 0.2) is 5.79 Å². The van der Waals surface area contributed by atoms with E-state index in [4.69, 9.17) is 23.7 Å². The zero-order chi connectivity index (χ0) is 21.3. The number of aldehydes is 1. The molecule has 1 aliphatic rings. The third-order valence-corrected chi connectivity index (χ3v) is 5.12. The van der Waals surface area contributed by atoms with E-state index in [1.807, 2.05) is 45.9 Å². The van der Waals surface area contributed by atoms with E-state index in [0.29, 0.717) is 19.6 Å². The van der Waals surface area contributed by atoms with Crippen molar-refractivity contribution in [2.75, 3.05) is 20.5 Å². The zero-order valence-electron chi connectivity index (χ0n) is 18.4. The van der Waals surface area contributed by atoms with E-state index in [0.717, 1.165) is 24.7 Å². The van der Waals surface area contributed by atoms with E-state index in [-0.39, 0.29) is 25.1 Å². The van der Waals surface area contributed by atoms with Gasteiger partial charge in [0.05, 0.1) is 24.9 Å². The summed E-state index contributed by atoms with van der Waals surface area (Å²) in [6, 6.07) is 10.1. The van der Waals surface area contributed by atoms with Crippen LogP contribution >= 0.6 is 0 Å². The van der Waals surface area contributed by atoms with Crippen LogP contribution in [0.4, 0.5) is 0 Å². The second-order valence-corrected chi connectivity index (χ2v) is 8.68. The molecular formula is C23H36O6. The van der Waals surface area contributed by atoms with Crippen molar-refractivity contribution in [3.8, 4) is 0 Å². The zero-order valence-corrected chi connectivity index (χ0v) is 18.4. The third kappa shape index (κ3) is 8.15. The number of methoxy groups -OCH3 is 1. The Morgan fingerprint density at radius 1 is 1.21 bits per heavy atom. The highest BCUT2D eigenvalue weighted by Crippen LogP contribution is 2.34. The van der Waals surface area contributed by atoms with Crippen LogP contribution < -0.4 is 0 Å². The second kappa shape index (κ2) is 11.2. The monoisotopic (exact) mass is 408 g/mol. The summed E-state index contributed by atoms with van der Waals surface area (Å²) in [5, 5.41) is 0. The van der Waals surface area contributed by atoms with Crippen LogP contribution in [0, 0.1) is 5.41 Å². The number of hydrogen-bond donors (Lipinski definition) is 0. The Morgan fingerprint density at radius 3 is 2.55 bits per heavy atom. The van der Waals surface area contributed by atoms with Gasteiger partial charge in [0.1, 0.15) is 13.1 Å². The first-order chi connectivity index (χ1) is 13.8. The predicted molar refractivity (Wildman–Crippen MR) is 110 cm³/mol. The lowest BCUT2D eigenvalue weighted by molar-refractivity contribution is -0.306. The number of benzene rings is 1. The molecule has 0 spiro atoms. The van der Waals surface area contributed by atoms with Crippen molar-refractivity contribution in [3.63, 3.8) is 0 Å². The van der Waals surface area contributed by atoms with E-state index < -0.39 is 11.2 Å². The molecule has 0 amide bonds. The molecule has 0 unspecified atom stereocenters. The lowest BCUT2D eigenvalue weighted by atomic mass is 9.84. The number of hydrogen-bond acceptors (Lipinski definition) is 6. The maximum atomic E-state index is 11.6. The van der Waals surface area contributed by atoms with E-state index in [1.165, 1.54) is 0 Å². The summed E-state index contributed by atoms with van der Waals surface area (Å²) < 4.78 is 28.9. The molecule has 3 atom stereocenters. The van der Waals surface area contributed by atoms with Crippen LogP contribution in [-0.4, -0.2) is 50.9 Å². The molecule has 29 heavy (non-hydrogen) atoms. The summed E-state index contributed by atoms with van der Waals surface area (Å²) in [7, 11) is 1.57. The van der Waals surface area contributed by atoms with Crippen molar-refractivity contribution in [1.82, 2.24) is 0 Å². The lowest BCUT2D eigenvalue weighted by Crippen LogP contribution is -2.47. The minimum Gasteiger partial charge on any atom is -0.377 e. The van der Waals surface area contributed by atoms with Gasteiger partial charge in [-0.1, -0.05) is 44.2 Å². The first-order valence-corrected chi connectivity index (χ1v) is 10.3. The first-order valence-electron chi connectivity index (χ1n) is 10.3. The van der Waals surface area contributed by atoms with Crippen molar-refractivity contribution < 1.29 is 28.5 Å². The molecule has 1 aromatic rings. The largest absolute Gasteiger partial charge is 0.377 e. The minimum atomic E-state index is -0.690. The number of carbonyl (C=O) groups excluding carboxylic acids is 1. The molecule has 0 radical (unpaired) electrons. The van der Waals surface area contributed by atoms with E-state index in [1.54, 1.807) is 7.11 Å². The second-order valence-electron chi connectivity index (χ2n) is 8.68. The molecule has 1 aromatic carbocycles. The fraction of sp³-hybridized carbons (Fsp3) is 0.696. The fourth-order valence-corrected chi connectivity index (χ4v) is 3.57. The van der Waals surface area contributed by atoms with Crippen LogP contribution in [0.1, 0.15) is 52.5 Å². The van der Waals surface area contributed by atoms with Crippen LogP contribution in [-0.2, 0) is 35.1 Å². The molecule has 0 aliphatic carbocycles. The molecule has 2 rings (SSSR count). The third-order valence-electron chi connectivity index (χ3n) is 5.12. The lowest BCUT2D eigenvalue weighted by Gasteiger charge is -2.43. The molecule has 6 heteroatoms. The topological polar surface area (TPSA) is 63.2 Å². The number of ether oxygens (including phenoxy) is 5. The number of carbonyl (C=O) groups is 1. The van der Waals surface area contributed by atoms with Crippen LogP contribution in [0.3, 0.4) is 0 Å². The van der Waals surface area contributed by atoms with Crippen LogP contribution in [0.2, 0.25) is 0 Å². The summed E-state index contributed by atoms with van der Waals surface area (Å²) in [4.78, 5) is 11.6. The Balaban J connectivity index is 1.88. The SMILES string of the molecule is COCO[C@@H](C[C@H]1C[C@H](CCOCc2ccccc2)OC(C)(C)O1)C(C)(C)C=O. The first kappa shape index (κ1) is 24.0. The Kier molecular flexibility index (Phi) is 9.24. The average molecular weight is 409 g/mol. The van der Waals surface area contributed by atoms with Crippen molar-refractivity contribution in [3.05, 3.63) is 35.9 Å². The van der Waals surface area contributed by atoms with Crippen LogP contribution in [0.5, 0.6) is 0 Å². The Morgan fingerprint density at radius 2 is 1.90 bits per heavy atom. The van der Waals surface area contributed by atoms with E-state index in [2.05, 4.69) is 12.1 Å². The summed E-state index contributed by atoms with van der Waals surface area (Å²) in [6.07, 6.45) is 2.72. The molecule has 6 nitrogen and oxygen atoms in total. The van der Waals surface area contributed by atoms with Gasteiger partial charge in [-0.3, -0.25) is 0 Å². The molecule has 0 N–H and O–H groups in total. The van der Waals surface area contributed by atoms with Gasteiger partial charge >= 0.3 is 0 Å². The van der Waals surface area contributed by atoms with Crippen LogP contribution in [0.15, 0.2) is 30.3 Å². The highest BCUT2D eigenvalue weighted by Gasteiger charge is 2.39. The molecule has 0 bridgehead atoms. The van der Waals surface area contributed by atoms with Gasteiger partial charge < -0.3 is 28.5 Å². The van der Waals surface area contributed by atoms with Crippen LogP contribution in [0.25, 0.3) is 0 Å². The smallest absolute Gasteiger partial charge is 0.163 e. The van der Waals surface area contributed by atoms with E-state index in [9.17, 15) is 4.79 Å². The quantitative estimate of drug-likeness (QED) is 0.295. The van der Waals surface area contributed by atoms with Gasteiger partial charge in [-0.2, -0.15) is 0 Å². The molecule has 1 aliphatic heterocycles. The highest BCUT2D eigenvalue weighted by molar-refractivity contribution is 5.59. The van der Waals surface area contributed by atoms with Crippen molar-refractivity contribution in [2.45, 2.75) is 77.7 Å². The standard InChI is InChI=1S/C23H36O6/c1-22(2,16-24)21(27-17-25-5)14-20-13-19(28-23(3,4)29-20)11-12-26-15-18-9-7-6-8-10-18/h6-10,16,19-21H,11-15,17H2,1-5H3/t19-,20+,21-/m0/s1. The van der Waals surface area contributed by atoms with Gasteiger partial charge in [-0.15, -0.1) is 0 Å². The summed E-state index contributed by atoms with van der Waals surface area (Å²) in [5.74, 6) is -0.690. The highest BCUT2D eigenvalue weighted by atomic mass is 16.7. The fourth-order valence-electron chi connectivity index (χ4n) is 3.57. The molecular weight excluding hydrogens is 372 g/mol. The minimum absolute atomic E-state index is 0.0296. The summed E-state index contributed by atoms with van der Waals surface area (Å²) >= 11 is 0. The normalized spacial score (nSPS) is 22.9. The van der Waals surface area contributed by atoms with Crippen molar-refractivity contribution >= 4 is 6.29 Å². The molecule has 164 valence electrons. The molecule has 1 fully saturated rings. The van der Waals surface area contributed by atoms with Gasteiger partial charge in [-0.05, 0) is 25.8 Å².